The summed E-state index contributed by atoms with van der Waals surface area (Å²) in [6.07, 6.45) is 3.72. The molecule has 0 spiro atoms. The minimum absolute atomic E-state index is 0.811. The largest absolute Gasteiger partial charge is 0.368 e. The van der Waals surface area contributed by atoms with Crippen LogP contribution in [0.25, 0.3) is 0 Å². The Balaban J connectivity index is 1.73. The minimum atomic E-state index is 0.811. The van der Waals surface area contributed by atoms with E-state index in [-0.39, 0.29) is 0 Å². The van der Waals surface area contributed by atoms with Crippen molar-refractivity contribution in [1.29, 1.82) is 0 Å². The molecule has 0 bridgehead atoms. The lowest BCUT2D eigenvalue weighted by atomic mass is 10.3. The Bertz CT molecular complexity index is 429. The van der Waals surface area contributed by atoms with Crippen LogP contribution < -0.4 is 10.6 Å². The molecule has 0 fully saturated rings. The lowest BCUT2D eigenvalue weighted by Crippen LogP contribution is -2.14. The number of pyridine rings is 2. The van der Waals surface area contributed by atoms with Gasteiger partial charge in [-0.05, 0) is 37.1 Å². The SMILES string of the molecule is Cc1ccc(NCCNc2ccc(C)cn2)nc1. The van der Waals surface area contributed by atoms with Gasteiger partial charge in [0.2, 0.25) is 0 Å². The molecule has 0 aliphatic heterocycles. The summed E-state index contributed by atoms with van der Waals surface area (Å²) in [5.41, 5.74) is 2.34. The molecule has 2 N–H and O–H groups in total. The molecule has 2 aromatic rings. The van der Waals surface area contributed by atoms with Gasteiger partial charge in [-0.15, -0.1) is 0 Å². The maximum atomic E-state index is 4.28. The van der Waals surface area contributed by atoms with E-state index in [9.17, 15) is 0 Å². The van der Waals surface area contributed by atoms with Crippen LogP contribution in [0, 0.1) is 13.8 Å². The summed E-state index contributed by atoms with van der Waals surface area (Å²) in [6.45, 7) is 5.68. The predicted molar refractivity (Wildman–Crippen MR) is 74.9 cm³/mol. The van der Waals surface area contributed by atoms with Gasteiger partial charge < -0.3 is 10.6 Å². The van der Waals surface area contributed by atoms with Crippen LogP contribution in [0.15, 0.2) is 36.7 Å². The number of hydrogen-bond donors (Lipinski definition) is 2. The van der Waals surface area contributed by atoms with E-state index in [4.69, 9.17) is 0 Å². The summed E-state index contributed by atoms with van der Waals surface area (Å²) in [7, 11) is 0. The summed E-state index contributed by atoms with van der Waals surface area (Å²) >= 11 is 0. The number of nitrogens with one attached hydrogen (secondary N) is 2. The van der Waals surface area contributed by atoms with E-state index >= 15 is 0 Å². The van der Waals surface area contributed by atoms with Crippen molar-refractivity contribution in [3.05, 3.63) is 47.8 Å². The van der Waals surface area contributed by atoms with E-state index in [0.717, 1.165) is 24.7 Å². The van der Waals surface area contributed by atoms with Gasteiger partial charge in [0.15, 0.2) is 0 Å². The molecule has 0 saturated heterocycles. The molecule has 0 aliphatic rings. The molecule has 18 heavy (non-hydrogen) atoms. The fourth-order valence-corrected chi connectivity index (χ4v) is 1.53. The zero-order valence-corrected chi connectivity index (χ0v) is 10.8. The number of anilines is 2. The monoisotopic (exact) mass is 242 g/mol. The molecule has 4 heteroatoms. The van der Waals surface area contributed by atoms with Gasteiger partial charge in [-0.2, -0.15) is 0 Å². The average Bonchev–Trinajstić information content (AvgIpc) is 2.39. The summed E-state index contributed by atoms with van der Waals surface area (Å²) in [4.78, 5) is 8.56. The third kappa shape index (κ3) is 3.73. The van der Waals surface area contributed by atoms with Crippen LogP contribution in [0.4, 0.5) is 11.6 Å². The van der Waals surface area contributed by atoms with Crippen LogP contribution in [0.2, 0.25) is 0 Å². The molecule has 0 radical (unpaired) electrons. The summed E-state index contributed by atoms with van der Waals surface area (Å²) in [6, 6.07) is 8.06. The molecule has 2 aromatic heterocycles. The van der Waals surface area contributed by atoms with Crippen LogP contribution >= 0.6 is 0 Å². The van der Waals surface area contributed by atoms with E-state index in [1.165, 1.54) is 11.1 Å². The van der Waals surface area contributed by atoms with Gasteiger partial charge in [-0.1, -0.05) is 12.1 Å². The first-order valence-corrected chi connectivity index (χ1v) is 6.07. The van der Waals surface area contributed by atoms with Gasteiger partial charge in [0.25, 0.3) is 0 Å². The third-order valence-electron chi connectivity index (χ3n) is 2.56. The topological polar surface area (TPSA) is 49.8 Å². The molecule has 0 saturated carbocycles. The zero-order valence-electron chi connectivity index (χ0n) is 10.8. The summed E-state index contributed by atoms with van der Waals surface area (Å²) in [5.74, 6) is 1.80. The quantitative estimate of drug-likeness (QED) is 0.791. The highest BCUT2D eigenvalue weighted by Gasteiger charge is 1.94. The predicted octanol–water partition coefficient (Wildman–Crippen LogP) is 2.62. The van der Waals surface area contributed by atoms with Crippen LogP contribution in [-0.4, -0.2) is 23.1 Å². The van der Waals surface area contributed by atoms with Crippen molar-refractivity contribution >= 4 is 11.6 Å². The van der Waals surface area contributed by atoms with Gasteiger partial charge in [-0.3, -0.25) is 0 Å². The lowest BCUT2D eigenvalue weighted by Gasteiger charge is -2.07. The molecular formula is C14H18N4. The van der Waals surface area contributed by atoms with Gasteiger partial charge in [0, 0.05) is 25.5 Å². The molecule has 0 aromatic carbocycles. The number of aromatic nitrogens is 2. The van der Waals surface area contributed by atoms with Gasteiger partial charge >= 0.3 is 0 Å². The maximum absolute atomic E-state index is 4.28. The summed E-state index contributed by atoms with van der Waals surface area (Å²) in [5, 5.41) is 6.50. The second-order valence-electron chi connectivity index (χ2n) is 4.30. The second kappa shape index (κ2) is 6.00. The molecule has 0 aliphatic carbocycles. The van der Waals surface area contributed by atoms with Crippen molar-refractivity contribution in [3.8, 4) is 0 Å². The van der Waals surface area contributed by atoms with Gasteiger partial charge in [-0.25, -0.2) is 9.97 Å². The molecule has 2 heterocycles. The highest BCUT2D eigenvalue weighted by Crippen LogP contribution is 2.04. The standard InChI is InChI=1S/C14H18N4/c1-11-3-5-13(17-9-11)15-7-8-16-14-6-4-12(2)10-18-14/h3-6,9-10H,7-8H2,1-2H3,(H,15,17)(H,16,18). The van der Waals surface area contributed by atoms with Crippen LogP contribution in [-0.2, 0) is 0 Å². The first kappa shape index (κ1) is 12.4. The molecule has 94 valence electrons. The van der Waals surface area contributed by atoms with Crippen LogP contribution in [0.3, 0.4) is 0 Å². The lowest BCUT2D eigenvalue weighted by molar-refractivity contribution is 1.04. The summed E-state index contributed by atoms with van der Waals surface area (Å²) < 4.78 is 0. The fraction of sp³-hybridized carbons (Fsp3) is 0.286. The second-order valence-corrected chi connectivity index (χ2v) is 4.30. The highest BCUT2D eigenvalue weighted by molar-refractivity contribution is 5.37. The number of rotatable bonds is 5. The van der Waals surface area contributed by atoms with E-state index in [0.29, 0.717) is 0 Å². The minimum Gasteiger partial charge on any atom is -0.368 e. The molecule has 2 rings (SSSR count). The molecule has 0 unspecified atom stereocenters. The Hall–Kier alpha value is -2.10. The van der Waals surface area contributed by atoms with E-state index < -0.39 is 0 Å². The van der Waals surface area contributed by atoms with Gasteiger partial charge in [0.1, 0.15) is 11.6 Å². The van der Waals surface area contributed by atoms with Crippen LogP contribution in [0.1, 0.15) is 11.1 Å². The van der Waals surface area contributed by atoms with Crippen molar-refractivity contribution in [2.24, 2.45) is 0 Å². The third-order valence-corrected chi connectivity index (χ3v) is 2.56. The first-order chi connectivity index (χ1) is 8.74. The van der Waals surface area contributed by atoms with Crippen LogP contribution in [0.5, 0.6) is 0 Å². The van der Waals surface area contributed by atoms with Crippen molar-refractivity contribution in [2.45, 2.75) is 13.8 Å². The van der Waals surface area contributed by atoms with E-state index in [1.807, 2.05) is 50.5 Å². The Morgan fingerprint density at radius 1 is 0.778 bits per heavy atom. The van der Waals surface area contributed by atoms with Crippen molar-refractivity contribution in [3.63, 3.8) is 0 Å². The van der Waals surface area contributed by atoms with Crippen molar-refractivity contribution < 1.29 is 0 Å². The first-order valence-electron chi connectivity index (χ1n) is 6.07. The molecule has 0 atom stereocenters. The smallest absolute Gasteiger partial charge is 0.125 e. The zero-order chi connectivity index (χ0) is 12.8. The Labute approximate surface area is 107 Å². The average molecular weight is 242 g/mol. The Kier molecular flexibility index (Phi) is 4.12. The normalized spacial score (nSPS) is 10.1. The number of nitrogens with zero attached hydrogens (tertiary/aromatic N) is 2. The Morgan fingerprint density at radius 3 is 1.56 bits per heavy atom. The Morgan fingerprint density at radius 2 is 1.22 bits per heavy atom. The highest BCUT2D eigenvalue weighted by atomic mass is 15.0. The molecular weight excluding hydrogens is 224 g/mol. The van der Waals surface area contributed by atoms with Crippen molar-refractivity contribution in [1.82, 2.24) is 9.97 Å². The van der Waals surface area contributed by atoms with E-state index in [2.05, 4.69) is 20.6 Å². The van der Waals surface area contributed by atoms with Crippen molar-refractivity contribution in [2.75, 3.05) is 23.7 Å². The molecule has 0 amide bonds. The van der Waals surface area contributed by atoms with E-state index in [1.54, 1.807) is 0 Å². The number of hydrogen-bond acceptors (Lipinski definition) is 4. The van der Waals surface area contributed by atoms with Gasteiger partial charge in [0.05, 0.1) is 0 Å². The maximum Gasteiger partial charge on any atom is 0.125 e. The number of aryl methyl sites for hydroxylation is 2. The fourth-order valence-electron chi connectivity index (χ4n) is 1.53. The molecule has 4 nitrogen and oxygen atoms in total.